The molecule has 25 heavy (non-hydrogen) atoms. The second kappa shape index (κ2) is 7.32. The molecule has 3 heterocycles. The number of anilines is 1. The molecular formula is C19H26N4O2. The van der Waals surface area contributed by atoms with Crippen LogP contribution in [-0.2, 0) is 5.41 Å². The normalized spacial score (nSPS) is 17.2. The van der Waals surface area contributed by atoms with Gasteiger partial charge in [0.15, 0.2) is 0 Å². The van der Waals surface area contributed by atoms with E-state index in [1.807, 2.05) is 32.9 Å². The number of piperidine rings is 1. The quantitative estimate of drug-likeness (QED) is 0.882. The molecule has 0 aliphatic carbocycles. The summed E-state index contributed by atoms with van der Waals surface area (Å²) in [5.74, 6) is 1.95. The average molecular weight is 342 g/mol. The summed E-state index contributed by atoms with van der Waals surface area (Å²) in [6, 6.07) is 6.16. The van der Waals surface area contributed by atoms with Gasteiger partial charge in [-0.25, -0.2) is 0 Å². The molecule has 1 fully saturated rings. The minimum Gasteiger partial charge on any atom is -0.468 e. The fourth-order valence-corrected chi connectivity index (χ4v) is 3.15. The third kappa shape index (κ3) is 4.05. The van der Waals surface area contributed by atoms with Crippen molar-refractivity contribution in [3.63, 3.8) is 0 Å². The second-order valence-electron chi connectivity index (χ2n) is 7.57. The number of nitrogens with zero attached hydrogens (tertiary/aromatic N) is 3. The zero-order valence-corrected chi connectivity index (χ0v) is 15.2. The lowest BCUT2D eigenvalue weighted by Gasteiger charge is -2.33. The van der Waals surface area contributed by atoms with Crippen LogP contribution in [0.2, 0.25) is 0 Å². The Morgan fingerprint density at radius 3 is 2.68 bits per heavy atom. The SMILES string of the molecule is CC(C)(C)c1nc(C#N)c(NC[C@H](c2ccco2)N2CCCCC2)o1. The molecule has 6 heteroatoms. The van der Waals surface area contributed by atoms with Crippen LogP contribution in [-0.4, -0.2) is 29.5 Å². The van der Waals surface area contributed by atoms with E-state index in [2.05, 4.69) is 21.3 Å². The zero-order chi connectivity index (χ0) is 17.9. The molecule has 1 aliphatic rings. The topological polar surface area (TPSA) is 78.2 Å². The molecule has 2 aromatic heterocycles. The number of rotatable bonds is 5. The molecular weight excluding hydrogens is 316 g/mol. The van der Waals surface area contributed by atoms with E-state index in [1.54, 1.807) is 6.26 Å². The molecule has 134 valence electrons. The monoisotopic (exact) mass is 342 g/mol. The highest BCUT2D eigenvalue weighted by molar-refractivity contribution is 5.46. The van der Waals surface area contributed by atoms with Crippen LogP contribution in [0, 0.1) is 11.3 Å². The Balaban J connectivity index is 1.77. The zero-order valence-electron chi connectivity index (χ0n) is 15.2. The Labute approximate surface area is 148 Å². The lowest BCUT2D eigenvalue weighted by atomic mass is 9.97. The number of likely N-dealkylation sites (tertiary alicyclic amines) is 1. The number of hydrogen-bond acceptors (Lipinski definition) is 6. The summed E-state index contributed by atoms with van der Waals surface area (Å²) in [7, 11) is 0. The van der Waals surface area contributed by atoms with E-state index >= 15 is 0 Å². The maximum absolute atomic E-state index is 9.35. The number of furan rings is 1. The lowest BCUT2D eigenvalue weighted by Crippen LogP contribution is -2.37. The van der Waals surface area contributed by atoms with Crippen molar-refractivity contribution in [2.75, 3.05) is 25.0 Å². The number of nitriles is 1. The van der Waals surface area contributed by atoms with Crippen molar-refractivity contribution in [2.45, 2.75) is 51.5 Å². The summed E-state index contributed by atoms with van der Waals surface area (Å²) in [6.45, 7) is 8.78. The van der Waals surface area contributed by atoms with Gasteiger partial charge < -0.3 is 14.2 Å². The van der Waals surface area contributed by atoms with E-state index in [0.29, 0.717) is 24.0 Å². The molecule has 0 spiro atoms. The summed E-state index contributed by atoms with van der Waals surface area (Å²) in [4.78, 5) is 6.76. The minimum absolute atomic E-state index is 0.116. The molecule has 1 atom stereocenters. The van der Waals surface area contributed by atoms with Crippen molar-refractivity contribution in [1.29, 1.82) is 5.26 Å². The van der Waals surface area contributed by atoms with Gasteiger partial charge in [-0.05, 0) is 38.1 Å². The highest BCUT2D eigenvalue weighted by Gasteiger charge is 2.27. The molecule has 1 aliphatic heterocycles. The Kier molecular flexibility index (Phi) is 5.14. The van der Waals surface area contributed by atoms with Crippen LogP contribution >= 0.6 is 0 Å². The van der Waals surface area contributed by atoms with Gasteiger partial charge in [0.25, 0.3) is 0 Å². The van der Waals surface area contributed by atoms with Crippen LogP contribution < -0.4 is 5.32 Å². The van der Waals surface area contributed by atoms with Gasteiger partial charge in [-0.1, -0.05) is 27.2 Å². The van der Waals surface area contributed by atoms with E-state index in [4.69, 9.17) is 8.83 Å². The third-order valence-corrected chi connectivity index (χ3v) is 4.53. The van der Waals surface area contributed by atoms with Crippen LogP contribution in [0.25, 0.3) is 0 Å². The smallest absolute Gasteiger partial charge is 0.232 e. The Hall–Kier alpha value is -2.26. The van der Waals surface area contributed by atoms with Gasteiger partial charge in [-0.3, -0.25) is 4.90 Å². The number of aromatic nitrogens is 1. The fourth-order valence-electron chi connectivity index (χ4n) is 3.15. The van der Waals surface area contributed by atoms with Crippen LogP contribution in [0.1, 0.15) is 63.4 Å². The molecule has 0 amide bonds. The Morgan fingerprint density at radius 1 is 1.32 bits per heavy atom. The molecule has 0 aromatic carbocycles. The fraction of sp³-hybridized carbons (Fsp3) is 0.579. The van der Waals surface area contributed by atoms with Gasteiger partial charge in [-0.15, -0.1) is 0 Å². The van der Waals surface area contributed by atoms with Crippen molar-refractivity contribution in [2.24, 2.45) is 0 Å². The number of hydrogen-bond donors (Lipinski definition) is 1. The number of nitrogens with one attached hydrogen (secondary N) is 1. The lowest BCUT2D eigenvalue weighted by molar-refractivity contribution is 0.152. The Morgan fingerprint density at radius 2 is 2.08 bits per heavy atom. The van der Waals surface area contributed by atoms with Crippen LogP contribution in [0.15, 0.2) is 27.2 Å². The maximum atomic E-state index is 9.35. The van der Waals surface area contributed by atoms with E-state index in [0.717, 1.165) is 18.8 Å². The first kappa shape index (κ1) is 17.6. The van der Waals surface area contributed by atoms with Crippen molar-refractivity contribution >= 4 is 5.88 Å². The molecule has 0 unspecified atom stereocenters. The van der Waals surface area contributed by atoms with E-state index in [-0.39, 0.29) is 11.5 Å². The summed E-state index contributed by atoms with van der Waals surface area (Å²) in [6.07, 6.45) is 5.40. The van der Waals surface area contributed by atoms with Gasteiger partial charge in [-0.2, -0.15) is 10.2 Å². The van der Waals surface area contributed by atoms with Crippen LogP contribution in [0.4, 0.5) is 5.88 Å². The summed E-state index contributed by atoms with van der Waals surface area (Å²) >= 11 is 0. The molecule has 3 rings (SSSR count). The van der Waals surface area contributed by atoms with E-state index in [9.17, 15) is 5.26 Å². The highest BCUT2D eigenvalue weighted by Crippen LogP contribution is 2.29. The first-order valence-electron chi connectivity index (χ1n) is 8.92. The molecule has 0 saturated carbocycles. The molecule has 0 bridgehead atoms. The standard InChI is InChI=1S/C19H26N4O2/c1-19(2,3)18-22-14(12-20)17(25-18)21-13-15(16-8-7-11-24-16)23-9-5-4-6-10-23/h7-8,11,15,21H,4-6,9-10,13H2,1-3H3/t15-/m1/s1. The molecule has 0 radical (unpaired) electrons. The van der Waals surface area contributed by atoms with Gasteiger partial charge in [0.2, 0.25) is 17.5 Å². The summed E-state index contributed by atoms with van der Waals surface area (Å²) < 4.78 is 11.5. The molecule has 1 N–H and O–H groups in total. The molecule has 6 nitrogen and oxygen atoms in total. The van der Waals surface area contributed by atoms with Crippen molar-refractivity contribution in [3.8, 4) is 6.07 Å². The summed E-state index contributed by atoms with van der Waals surface area (Å²) in [5.41, 5.74) is 0.0699. The Bertz CT molecular complexity index is 716. The first-order chi connectivity index (χ1) is 12.0. The van der Waals surface area contributed by atoms with Crippen molar-refractivity contribution in [3.05, 3.63) is 35.7 Å². The van der Waals surface area contributed by atoms with Crippen molar-refractivity contribution < 1.29 is 8.83 Å². The minimum atomic E-state index is -0.237. The maximum Gasteiger partial charge on any atom is 0.232 e. The van der Waals surface area contributed by atoms with Crippen molar-refractivity contribution in [1.82, 2.24) is 9.88 Å². The first-order valence-corrected chi connectivity index (χ1v) is 8.92. The van der Waals surface area contributed by atoms with Gasteiger partial charge >= 0.3 is 0 Å². The van der Waals surface area contributed by atoms with Crippen LogP contribution in [0.5, 0.6) is 0 Å². The molecule has 1 saturated heterocycles. The van der Waals surface area contributed by atoms with E-state index < -0.39 is 0 Å². The number of oxazole rings is 1. The van der Waals surface area contributed by atoms with Crippen LogP contribution in [0.3, 0.4) is 0 Å². The van der Waals surface area contributed by atoms with Gasteiger partial charge in [0.05, 0.1) is 12.3 Å². The molecule has 2 aromatic rings. The predicted molar refractivity (Wildman–Crippen MR) is 95.3 cm³/mol. The largest absolute Gasteiger partial charge is 0.468 e. The summed E-state index contributed by atoms with van der Waals surface area (Å²) in [5, 5.41) is 12.6. The average Bonchev–Trinajstić information content (AvgIpc) is 3.25. The van der Waals surface area contributed by atoms with E-state index in [1.165, 1.54) is 19.3 Å². The second-order valence-corrected chi connectivity index (χ2v) is 7.57. The van der Waals surface area contributed by atoms with Gasteiger partial charge in [0, 0.05) is 12.0 Å². The third-order valence-electron chi connectivity index (χ3n) is 4.53. The highest BCUT2D eigenvalue weighted by atomic mass is 16.4. The predicted octanol–water partition coefficient (Wildman–Crippen LogP) is 4.08. The van der Waals surface area contributed by atoms with Gasteiger partial charge in [0.1, 0.15) is 11.8 Å².